The number of nitrogens with one attached hydrogen (secondary N) is 1. The molecule has 0 radical (unpaired) electrons. The highest BCUT2D eigenvalue weighted by Gasteiger charge is 2.23. The number of fused-ring (bicyclic) bond motifs is 2. The first-order valence-corrected chi connectivity index (χ1v) is 10.7. The van der Waals surface area contributed by atoms with Crippen LogP contribution in [0, 0.1) is 0 Å². The molecule has 2 heterocycles. The van der Waals surface area contributed by atoms with Crippen molar-refractivity contribution >= 4 is 5.57 Å². The molecule has 1 aromatic heterocycles. The molecule has 0 unspecified atom stereocenters. The predicted molar refractivity (Wildman–Crippen MR) is 114 cm³/mol. The van der Waals surface area contributed by atoms with Crippen LogP contribution in [0.4, 0.5) is 0 Å². The third-order valence-corrected chi connectivity index (χ3v) is 6.31. The van der Waals surface area contributed by atoms with Crippen molar-refractivity contribution in [2.75, 3.05) is 19.6 Å². The minimum atomic E-state index is 0.816. The fourth-order valence-corrected chi connectivity index (χ4v) is 4.81. The maximum absolute atomic E-state index is 4.05. The molecule has 1 aliphatic heterocycles. The number of tetrazole rings is 1. The lowest BCUT2D eigenvalue weighted by atomic mass is 9.86. The van der Waals surface area contributed by atoms with Crippen molar-refractivity contribution in [2.45, 2.75) is 38.5 Å². The predicted octanol–water partition coefficient (Wildman–Crippen LogP) is 3.83. The second kappa shape index (κ2) is 8.29. The van der Waals surface area contributed by atoms with Gasteiger partial charge in [0.2, 0.25) is 0 Å². The monoisotopic (exact) mass is 385 g/mol. The smallest absolute Gasteiger partial charge is 0.174 e. The Bertz CT molecular complexity index is 946. The van der Waals surface area contributed by atoms with Crippen molar-refractivity contribution in [3.8, 4) is 0 Å². The number of piperidine rings is 1. The van der Waals surface area contributed by atoms with E-state index in [0.717, 1.165) is 64.0 Å². The molecule has 5 heteroatoms. The van der Waals surface area contributed by atoms with Gasteiger partial charge in [0, 0.05) is 19.5 Å². The zero-order valence-corrected chi connectivity index (χ0v) is 16.8. The summed E-state index contributed by atoms with van der Waals surface area (Å²) in [6.07, 6.45) is 6.54. The molecule has 1 fully saturated rings. The van der Waals surface area contributed by atoms with Gasteiger partial charge < -0.3 is 4.90 Å². The Hall–Kier alpha value is -2.79. The fraction of sp³-hybridized carbons (Fsp3) is 0.375. The van der Waals surface area contributed by atoms with Crippen LogP contribution < -0.4 is 0 Å². The standard InChI is InChI=1S/C24H27N5/c1-3-8-21-18(6-1)11-12-19-7-2-4-9-22(19)24(21)20-13-16-29(17-14-20)15-5-10-23-25-27-28-26-23/h1-4,6-9H,5,10-17H2,(H,25,26,27,28). The first-order valence-electron chi connectivity index (χ1n) is 10.7. The average molecular weight is 386 g/mol. The lowest BCUT2D eigenvalue weighted by Crippen LogP contribution is -2.32. The van der Waals surface area contributed by atoms with E-state index in [2.05, 4.69) is 74.1 Å². The third-order valence-electron chi connectivity index (χ3n) is 6.31. The molecular formula is C24H27N5. The summed E-state index contributed by atoms with van der Waals surface area (Å²) in [5.74, 6) is 0.816. The lowest BCUT2D eigenvalue weighted by Gasteiger charge is -2.30. The molecule has 148 valence electrons. The van der Waals surface area contributed by atoms with Crippen molar-refractivity contribution in [1.29, 1.82) is 0 Å². The number of hydrogen-bond donors (Lipinski definition) is 1. The highest BCUT2D eigenvalue weighted by Crippen LogP contribution is 2.38. The third kappa shape index (κ3) is 3.87. The molecule has 3 aromatic rings. The highest BCUT2D eigenvalue weighted by atomic mass is 15.5. The first kappa shape index (κ1) is 18.3. The zero-order chi connectivity index (χ0) is 19.5. The maximum Gasteiger partial charge on any atom is 0.174 e. The van der Waals surface area contributed by atoms with Gasteiger partial charge in [0.25, 0.3) is 0 Å². The number of nitrogens with zero attached hydrogens (tertiary/aromatic N) is 4. The number of aryl methyl sites for hydroxylation is 3. The molecular weight excluding hydrogens is 358 g/mol. The molecule has 1 saturated heterocycles. The largest absolute Gasteiger partial charge is 0.303 e. The van der Waals surface area contributed by atoms with Crippen LogP contribution in [0.25, 0.3) is 5.57 Å². The van der Waals surface area contributed by atoms with Crippen molar-refractivity contribution < 1.29 is 0 Å². The molecule has 1 N–H and O–H groups in total. The van der Waals surface area contributed by atoms with E-state index < -0.39 is 0 Å². The van der Waals surface area contributed by atoms with Gasteiger partial charge in [-0.15, -0.1) is 10.2 Å². The van der Waals surface area contributed by atoms with Gasteiger partial charge in [0.15, 0.2) is 5.82 Å². The van der Waals surface area contributed by atoms with Gasteiger partial charge >= 0.3 is 0 Å². The summed E-state index contributed by atoms with van der Waals surface area (Å²) in [6.45, 7) is 3.37. The van der Waals surface area contributed by atoms with E-state index in [1.807, 2.05) is 0 Å². The minimum absolute atomic E-state index is 0.816. The number of hydrogen-bond acceptors (Lipinski definition) is 4. The van der Waals surface area contributed by atoms with Crippen LogP contribution in [0.2, 0.25) is 0 Å². The number of aromatic nitrogens is 4. The summed E-state index contributed by atoms with van der Waals surface area (Å²) in [4.78, 5) is 2.58. The van der Waals surface area contributed by atoms with Crippen LogP contribution in [0.5, 0.6) is 0 Å². The Labute approximate surface area is 171 Å². The molecule has 5 nitrogen and oxygen atoms in total. The second-order valence-corrected chi connectivity index (χ2v) is 8.07. The van der Waals surface area contributed by atoms with Crippen molar-refractivity contribution in [3.63, 3.8) is 0 Å². The Morgan fingerprint density at radius 1 is 0.828 bits per heavy atom. The summed E-state index contributed by atoms with van der Waals surface area (Å²) in [5.41, 5.74) is 9.04. The summed E-state index contributed by atoms with van der Waals surface area (Å²) < 4.78 is 0. The molecule has 0 spiro atoms. The highest BCUT2D eigenvalue weighted by molar-refractivity contribution is 5.86. The number of likely N-dealkylation sites (tertiary alicyclic amines) is 1. The van der Waals surface area contributed by atoms with Gasteiger partial charge in [-0.2, -0.15) is 5.21 Å². The van der Waals surface area contributed by atoms with Crippen LogP contribution in [0.3, 0.4) is 0 Å². The fourth-order valence-electron chi connectivity index (χ4n) is 4.81. The van der Waals surface area contributed by atoms with Gasteiger partial charge in [-0.3, -0.25) is 0 Å². The molecule has 0 bridgehead atoms. The molecule has 0 saturated carbocycles. The van der Waals surface area contributed by atoms with E-state index in [1.165, 1.54) is 27.8 Å². The molecule has 0 atom stereocenters. The van der Waals surface area contributed by atoms with Crippen molar-refractivity contribution in [3.05, 3.63) is 82.2 Å². The van der Waals surface area contributed by atoms with Gasteiger partial charge in [-0.1, -0.05) is 59.3 Å². The molecule has 1 aliphatic carbocycles. The quantitative estimate of drug-likeness (QED) is 0.742. The molecule has 2 aromatic carbocycles. The molecule has 29 heavy (non-hydrogen) atoms. The number of H-pyrrole nitrogens is 1. The topological polar surface area (TPSA) is 57.7 Å². The van der Waals surface area contributed by atoms with Gasteiger partial charge in [-0.25, -0.2) is 0 Å². The van der Waals surface area contributed by atoms with Gasteiger partial charge in [-0.05, 0) is 66.5 Å². The van der Waals surface area contributed by atoms with Gasteiger partial charge in [0.1, 0.15) is 0 Å². The van der Waals surface area contributed by atoms with Crippen LogP contribution in [-0.2, 0) is 19.3 Å². The van der Waals surface area contributed by atoms with Gasteiger partial charge in [0.05, 0.1) is 0 Å². The van der Waals surface area contributed by atoms with E-state index in [0.29, 0.717) is 0 Å². The van der Waals surface area contributed by atoms with E-state index in [9.17, 15) is 0 Å². The zero-order valence-electron chi connectivity index (χ0n) is 16.8. The lowest BCUT2D eigenvalue weighted by molar-refractivity contribution is 0.253. The number of benzene rings is 2. The average Bonchev–Trinajstić information content (AvgIpc) is 3.22. The SMILES string of the molecule is c1ccc2c(c1)CCc1ccccc1C2=C1CCN(CCCc2nn[nH]n2)CC1. The Morgan fingerprint density at radius 2 is 1.48 bits per heavy atom. The Kier molecular flexibility index (Phi) is 5.22. The van der Waals surface area contributed by atoms with E-state index in [-0.39, 0.29) is 0 Å². The van der Waals surface area contributed by atoms with Crippen LogP contribution in [0.15, 0.2) is 54.1 Å². The molecule has 2 aliphatic rings. The summed E-state index contributed by atoms with van der Waals surface area (Å²) >= 11 is 0. The summed E-state index contributed by atoms with van der Waals surface area (Å²) in [6, 6.07) is 18.0. The summed E-state index contributed by atoms with van der Waals surface area (Å²) in [5, 5.41) is 14.3. The van der Waals surface area contributed by atoms with E-state index >= 15 is 0 Å². The molecule has 0 amide bonds. The van der Waals surface area contributed by atoms with E-state index in [1.54, 1.807) is 5.57 Å². The van der Waals surface area contributed by atoms with Crippen LogP contribution in [0.1, 0.15) is 47.3 Å². The number of rotatable bonds is 4. The van der Waals surface area contributed by atoms with Crippen LogP contribution >= 0.6 is 0 Å². The Balaban J connectivity index is 1.36. The second-order valence-electron chi connectivity index (χ2n) is 8.07. The Morgan fingerprint density at radius 3 is 2.10 bits per heavy atom. The van der Waals surface area contributed by atoms with Crippen molar-refractivity contribution in [1.82, 2.24) is 25.5 Å². The summed E-state index contributed by atoms with van der Waals surface area (Å²) in [7, 11) is 0. The van der Waals surface area contributed by atoms with Crippen LogP contribution in [-0.4, -0.2) is 45.2 Å². The van der Waals surface area contributed by atoms with Crippen molar-refractivity contribution in [2.24, 2.45) is 0 Å². The number of aromatic amines is 1. The first-order chi connectivity index (χ1) is 14.4. The molecule has 5 rings (SSSR count). The minimum Gasteiger partial charge on any atom is -0.303 e. The van der Waals surface area contributed by atoms with E-state index in [4.69, 9.17) is 0 Å². The normalized spacial score (nSPS) is 17.0. The maximum atomic E-state index is 4.05.